The van der Waals surface area contributed by atoms with Gasteiger partial charge >= 0.3 is 0 Å². The molecule has 10 nitrogen and oxygen atoms in total. The first-order chi connectivity index (χ1) is 15.2. The van der Waals surface area contributed by atoms with Gasteiger partial charge in [-0.3, -0.25) is 4.79 Å². The topological polar surface area (TPSA) is 134 Å². The fourth-order valence-electron chi connectivity index (χ4n) is 4.13. The SMILES string of the molecule is Cc1c(C(=O)N2CCN(S(C)(=O)=O)CC2)cn2ncnc([C@](N)(CO)c3ccccc3)c12. The van der Waals surface area contributed by atoms with Crippen LogP contribution in [-0.4, -0.2) is 82.3 Å². The zero-order valence-electron chi connectivity index (χ0n) is 18.0. The largest absolute Gasteiger partial charge is 0.394 e. The Labute approximate surface area is 186 Å². The number of benzene rings is 1. The molecule has 1 saturated heterocycles. The van der Waals surface area contributed by atoms with Crippen molar-refractivity contribution in [2.24, 2.45) is 5.73 Å². The van der Waals surface area contributed by atoms with E-state index in [4.69, 9.17) is 5.73 Å². The first-order valence-electron chi connectivity index (χ1n) is 10.2. The Balaban J connectivity index is 1.72. The van der Waals surface area contributed by atoms with E-state index in [9.17, 15) is 18.3 Å². The van der Waals surface area contributed by atoms with Gasteiger partial charge in [-0.25, -0.2) is 17.9 Å². The van der Waals surface area contributed by atoms with Crippen molar-refractivity contribution in [3.8, 4) is 0 Å². The average Bonchev–Trinajstić information content (AvgIpc) is 3.14. The Morgan fingerprint density at radius 3 is 2.44 bits per heavy atom. The summed E-state index contributed by atoms with van der Waals surface area (Å²) in [7, 11) is -3.28. The Morgan fingerprint density at radius 1 is 1.19 bits per heavy atom. The van der Waals surface area contributed by atoms with Crippen LogP contribution in [0.2, 0.25) is 0 Å². The van der Waals surface area contributed by atoms with E-state index >= 15 is 0 Å². The van der Waals surface area contributed by atoms with Crippen LogP contribution in [0.15, 0.2) is 42.9 Å². The molecule has 3 N–H and O–H groups in total. The second-order valence-electron chi connectivity index (χ2n) is 8.02. The van der Waals surface area contributed by atoms with E-state index in [-0.39, 0.29) is 25.6 Å². The van der Waals surface area contributed by atoms with Crippen LogP contribution in [-0.2, 0) is 15.6 Å². The van der Waals surface area contributed by atoms with Gasteiger partial charge < -0.3 is 15.7 Å². The van der Waals surface area contributed by atoms with Gasteiger partial charge in [-0.1, -0.05) is 30.3 Å². The van der Waals surface area contributed by atoms with Crippen LogP contribution >= 0.6 is 0 Å². The number of hydrogen-bond donors (Lipinski definition) is 2. The molecule has 170 valence electrons. The molecule has 1 amide bonds. The van der Waals surface area contributed by atoms with Gasteiger partial charge in [0.05, 0.1) is 29.6 Å². The molecule has 1 aliphatic heterocycles. The summed E-state index contributed by atoms with van der Waals surface area (Å²) in [5.41, 5.74) is 8.12. The number of sulfonamides is 1. The van der Waals surface area contributed by atoms with Crippen LogP contribution in [0.3, 0.4) is 0 Å². The third kappa shape index (κ3) is 3.77. The lowest BCUT2D eigenvalue weighted by molar-refractivity contribution is 0.0697. The van der Waals surface area contributed by atoms with Gasteiger partial charge in [0.15, 0.2) is 0 Å². The van der Waals surface area contributed by atoms with Gasteiger partial charge in [0.25, 0.3) is 5.91 Å². The summed E-state index contributed by atoms with van der Waals surface area (Å²) in [6.45, 7) is 2.53. The smallest absolute Gasteiger partial charge is 0.255 e. The summed E-state index contributed by atoms with van der Waals surface area (Å²) in [6.07, 6.45) is 4.15. The molecule has 1 aromatic carbocycles. The second-order valence-corrected chi connectivity index (χ2v) is 10.0. The van der Waals surface area contributed by atoms with E-state index in [1.807, 2.05) is 30.3 Å². The third-order valence-electron chi connectivity index (χ3n) is 6.01. The Kier molecular flexibility index (Phi) is 5.76. The molecule has 2 aromatic heterocycles. The van der Waals surface area contributed by atoms with Crippen LogP contribution in [0.4, 0.5) is 0 Å². The lowest BCUT2D eigenvalue weighted by Gasteiger charge is -2.33. The number of carbonyl (C=O) groups is 1. The zero-order valence-corrected chi connectivity index (χ0v) is 18.8. The van der Waals surface area contributed by atoms with Crippen molar-refractivity contribution in [1.29, 1.82) is 0 Å². The second kappa shape index (κ2) is 8.24. The lowest BCUT2D eigenvalue weighted by Crippen LogP contribution is -2.50. The van der Waals surface area contributed by atoms with Crippen molar-refractivity contribution in [2.75, 3.05) is 39.0 Å². The van der Waals surface area contributed by atoms with Crippen LogP contribution in [0.1, 0.15) is 27.2 Å². The van der Waals surface area contributed by atoms with Gasteiger partial charge in [-0.15, -0.1) is 0 Å². The number of hydrogen-bond acceptors (Lipinski definition) is 7. The third-order valence-corrected chi connectivity index (χ3v) is 7.32. The minimum absolute atomic E-state index is 0.210. The van der Waals surface area contributed by atoms with Gasteiger partial charge in [0.1, 0.15) is 11.9 Å². The number of carbonyl (C=O) groups excluding carboxylic acids is 1. The van der Waals surface area contributed by atoms with Gasteiger partial charge in [0.2, 0.25) is 10.0 Å². The number of fused-ring (bicyclic) bond motifs is 1. The lowest BCUT2D eigenvalue weighted by atomic mass is 9.87. The summed E-state index contributed by atoms with van der Waals surface area (Å²) in [5.74, 6) is -0.210. The van der Waals surface area contributed by atoms with Crippen molar-refractivity contribution in [3.05, 3.63) is 65.2 Å². The monoisotopic (exact) mass is 458 g/mol. The molecule has 3 aromatic rings. The molecule has 32 heavy (non-hydrogen) atoms. The maximum atomic E-state index is 13.3. The van der Waals surface area contributed by atoms with Gasteiger partial charge in [-0.2, -0.15) is 9.40 Å². The molecular weight excluding hydrogens is 432 g/mol. The van der Waals surface area contributed by atoms with Crippen molar-refractivity contribution >= 4 is 21.4 Å². The number of aliphatic hydroxyl groups is 1. The molecule has 0 unspecified atom stereocenters. The standard InChI is InChI=1S/C21H26N6O4S/c1-15-17(20(29)25-8-10-26(11-9-25)32(2,30)31)12-27-18(15)19(23-14-24-27)21(22,13-28)16-6-4-3-5-7-16/h3-7,12,14,28H,8-11,13,22H2,1-2H3/t21-/m0/s1. The highest BCUT2D eigenvalue weighted by Crippen LogP contribution is 2.31. The van der Waals surface area contributed by atoms with E-state index in [2.05, 4.69) is 10.1 Å². The minimum Gasteiger partial charge on any atom is -0.394 e. The molecule has 0 spiro atoms. The predicted octanol–water partition coefficient (Wildman–Crippen LogP) is -0.0503. The van der Waals surface area contributed by atoms with Crippen LogP contribution in [0, 0.1) is 6.92 Å². The van der Waals surface area contributed by atoms with E-state index in [1.165, 1.54) is 16.9 Å². The first-order valence-corrected chi connectivity index (χ1v) is 12.0. The van der Waals surface area contributed by atoms with E-state index in [0.717, 1.165) is 0 Å². The molecule has 0 radical (unpaired) electrons. The molecule has 1 fully saturated rings. The maximum Gasteiger partial charge on any atom is 0.255 e. The molecule has 11 heteroatoms. The van der Waals surface area contributed by atoms with Crippen LogP contribution in [0.5, 0.6) is 0 Å². The molecular formula is C21H26N6O4S. The number of aryl methyl sites for hydroxylation is 1. The molecule has 0 saturated carbocycles. The normalized spacial score (nSPS) is 17.4. The van der Waals surface area contributed by atoms with Crippen molar-refractivity contribution < 1.29 is 18.3 Å². The molecule has 4 rings (SSSR count). The Morgan fingerprint density at radius 2 is 1.84 bits per heavy atom. The molecule has 1 aliphatic rings. The summed E-state index contributed by atoms with van der Waals surface area (Å²) >= 11 is 0. The minimum atomic E-state index is -3.28. The number of amides is 1. The van der Waals surface area contributed by atoms with E-state index in [0.29, 0.717) is 41.0 Å². The molecule has 0 bridgehead atoms. The van der Waals surface area contributed by atoms with Gasteiger partial charge in [0, 0.05) is 32.4 Å². The Hall–Kier alpha value is -2.86. The highest BCUT2D eigenvalue weighted by molar-refractivity contribution is 7.88. The van der Waals surface area contributed by atoms with Gasteiger partial charge in [-0.05, 0) is 18.1 Å². The average molecular weight is 459 g/mol. The molecule has 3 heterocycles. The van der Waals surface area contributed by atoms with Crippen molar-refractivity contribution in [1.82, 2.24) is 23.8 Å². The van der Waals surface area contributed by atoms with E-state index < -0.39 is 15.6 Å². The summed E-state index contributed by atoms with van der Waals surface area (Å²) in [4.78, 5) is 19.3. The predicted molar refractivity (Wildman–Crippen MR) is 119 cm³/mol. The molecule has 1 atom stereocenters. The highest BCUT2D eigenvalue weighted by Gasteiger charge is 2.35. The number of nitrogens with two attached hydrogens (primary N) is 1. The number of aromatic nitrogens is 3. The summed E-state index contributed by atoms with van der Waals surface area (Å²) < 4.78 is 26.4. The number of nitrogens with zero attached hydrogens (tertiary/aromatic N) is 5. The van der Waals surface area contributed by atoms with Crippen LogP contribution in [0.25, 0.3) is 5.52 Å². The van der Waals surface area contributed by atoms with Crippen LogP contribution < -0.4 is 5.73 Å². The summed E-state index contributed by atoms with van der Waals surface area (Å²) in [5, 5.41) is 14.5. The van der Waals surface area contributed by atoms with Crippen molar-refractivity contribution in [3.63, 3.8) is 0 Å². The highest BCUT2D eigenvalue weighted by atomic mass is 32.2. The number of piperazine rings is 1. The fourth-order valence-corrected chi connectivity index (χ4v) is 4.96. The fraction of sp³-hybridized carbons (Fsp3) is 0.381. The zero-order chi connectivity index (χ0) is 23.1. The molecule has 0 aliphatic carbocycles. The number of rotatable bonds is 5. The number of aliphatic hydroxyl groups excluding tert-OH is 1. The van der Waals surface area contributed by atoms with Crippen molar-refractivity contribution in [2.45, 2.75) is 12.5 Å². The summed E-state index contributed by atoms with van der Waals surface area (Å²) in [6, 6.07) is 9.17. The maximum absolute atomic E-state index is 13.3. The Bertz CT molecular complexity index is 1250. The first kappa shape index (κ1) is 22.3. The quantitative estimate of drug-likeness (QED) is 0.547. The van der Waals surface area contributed by atoms with E-state index in [1.54, 1.807) is 22.5 Å².